The molecule has 0 spiro atoms. The van der Waals surface area contributed by atoms with Crippen molar-refractivity contribution in [1.29, 1.82) is 0 Å². The van der Waals surface area contributed by atoms with Crippen molar-refractivity contribution in [3.05, 3.63) is 24.2 Å². The highest BCUT2D eigenvalue weighted by atomic mass is 127. The van der Waals surface area contributed by atoms with Gasteiger partial charge in [-0.1, -0.05) is 6.92 Å². The van der Waals surface area contributed by atoms with Gasteiger partial charge < -0.3 is 15.1 Å². The van der Waals surface area contributed by atoms with Crippen LogP contribution in [0, 0.1) is 0 Å². The lowest BCUT2D eigenvalue weighted by Gasteiger charge is -2.14. The summed E-state index contributed by atoms with van der Waals surface area (Å²) in [6.07, 6.45) is 4.67. The summed E-state index contributed by atoms with van der Waals surface area (Å²) in [6, 6.07) is 3.89. The number of hydrogen-bond acceptors (Lipinski definition) is 3. The first-order valence-electron chi connectivity index (χ1n) is 5.76. The van der Waals surface area contributed by atoms with Crippen LogP contribution in [0.5, 0.6) is 0 Å². The molecule has 1 aromatic heterocycles. The maximum Gasteiger partial charge on any atom is 0.191 e. The highest BCUT2D eigenvalue weighted by Crippen LogP contribution is 2.02. The Morgan fingerprint density at radius 2 is 2.28 bits per heavy atom. The maximum atomic E-state index is 5.26. The summed E-state index contributed by atoms with van der Waals surface area (Å²) in [7, 11) is 1.78. The molecule has 0 bridgehead atoms. The van der Waals surface area contributed by atoms with E-state index in [0.717, 1.165) is 31.2 Å². The second-order valence-electron chi connectivity index (χ2n) is 3.76. The van der Waals surface area contributed by atoms with Crippen molar-refractivity contribution >= 4 is 41.7 Å². The van der Waals surface area contributed by atoms with E-state index in [4.69, 9.17) is 4.42 Å². The molecule has 0 fully saturated rings. The normalized spacial score (nSPS) is 12.7. The number of nitrogens with zero attached hydrogens (tertiary/aromatic N) is 1. The summed E-state index contributed by atoms with van der Waals surface area (Å²) in [5, 5.41) is 7.13. The van der Waals surface area contributed by atoms with Crippen LogP contribution in [0.15, 0.2) is 27.8 Å². The molecule has 104 valence electrons. The van der Waals surface area contributed by atoms with E-state index in [2.05, 4.69) is 28.8 Å². The SMILES string of the molecule is CN=C(NCCc1ccco1)NCC(C)SC.I. The van der Waals surface area contributed by atoms with Gasteiger partial charge in [-0.05, 0) is 18.4 Å². The van der Waals surface area contributed by atoms with Gasteiger partial charge >= 0.3 is 0 Å². The molecule has 1 rings (SSSR count). The predicted molar refractivity (Wildman–Crippen MR) is 90.2 cm³/mol. The Balaban J connectivity index is 0.00000289. The molecule has 1 heterocycles. The number of aliphatic imine (C=N–C) groups is 1. The Labute approximate surface area is 130 Å². The Bertz CT molecular complexity index is 330. The van der Waals surface area contributed by atoms with E-state index in [1.807, 2.05) is 23.9 Å². The molecule has 0 aliphatic carbocycles. The molecule has 1 aromatic rings. The lowest BCUT2D eigenvalue weighted by molar-refractivity contribution is 0.507. The Hall–Kier alpha value is -0.370. The summed E-state index contributed by atoms with van der Waals surface area (Å²) < 4.78 is 5.26. The average molecular weight is 383 g/mol. The first-order valence-corrected chi connectivity index (χ1v) is 7.04. The molecule has 1 unspecified atom stereocenters. The molecule has 18 heavy (non-hydrogen) atoms. The van der Waals surface area contributed by atoms with Gasteiger partial charge in [0.2, 0.25) is 0 Å². The van der Waals surface area contributed by atoms with Crippen LogP contribution in [0.3, 0.4) is 0 Å². The monoisotopic (exact) mass is 383 g/mol. The van der Waals surface area contributed by atoms with E-state index in [-0.39, 0.29) is 24.0 Å². The molecule has 0 saturated carbocycles. The Kier molecular flexibility index (Phi) is 10.3. The van der Waals surface area contributed by atoms with E-state index < -0.39 is 0 Å². The number of hydrogen-bond donors (Lipinski definition) is 2. The number of furan rings is 1. The van der Waals surface area contributed by atoms with Gasteiger partial charge in [0.1, 0.15) is 5.76 Å². The van der Waals surface area contributed by atoms with Crippen LogP contribution in [0.2, 0.25) is 0 Å². The number of guanidine groups is 1. The Morgan fingerprint density at radius 1 is 1.50 bits per heavy atom. The second kappa shape index (κ2) is 10.5. The molecule has 1 atom stereocenters. The van der Waals surface area contributed by atoms with Gasteiger partial charge in [-0.2, -0.15) is 11.8 Å². The molecule has 4 nitrogen and oxygen atoms in total. The van der Waals surface area contributed by atoms with Crippen LogP contribution in [0.25, 0.3) is 0 Å². The summed E-state index contributed by atoms with van der Waals surface area (Å²) >= 11 is 1.84. The van der Waals surface area contributed by atoms with Crippen LogP contribution in [0.1, 0.15) is 12.7 Å². The van der Waals surface area contributed by atoms with E-state index in [1.165, 1.54) is 0 Å². The van der Waals surface area contributed by atoms with Crippen LogP contribution >= 0.6 is 35.7 Å². The predicted octanol–water partition coefficient (Wildman–Crippen LogP) is 2.36. The molecule has 2 N–H and O–H groups in total. The zero-order valence-corrected chi connectivity index (χ0v) is 14.2. The second-order valence-corrected chi connectivity index (χ2v) is 5.03. The highest BCUT2D eigenvalue weighted by molar-refractivity contribution is 14.0. The van der Waals surface area contributed by atoms with Crippen LogP contribution in [0.4, 0.5) is 0 Å². The summed E-state index contributed by atoms with van der Waals surface area (Å²) in [5.41, 5.74) is 0. The molecular weight excluding hydrogens is 361 g/mol. The third-order valence-electron chi connectivity index (χ3n) is 2.43. The van der Waals surface area contributed by atoms with Crippen molar-refractivity contribution in [2.45, 2.75) is 18.6 Å². The van der Waals surface area contributed by atoms with Crippen molar-refractivity contribution < 1.29 is 4.42 Å². The fourth-order valence-corrected chi connectivity index (χ4v) is 1.55. The number of nitrogens with one attached hydrogen (secondary N) is 2. The summed E-state index contributed by atoms with van der Waals surface area (Å²) in [4.78, 5) is 4.17. The van der Waals surface area contributed by atoms with Gasteiger partial charge in [-0.3, -0.25) is 4.99 Å². The first-order chi connectivity index (χ1) is 8.26. The zero-order valence-electron chi connectivity index (χ0n) is 11.1. The molecule has 0 radical (unpaired) electrons. The number of rotatable bonds is 6. The molecule has 0 amide bonds. The van der Waals surface area contributed by atoms with Gasteiger partial charge in [0.15, 0.2) is 5.96 Å². The van der Waals surface area contributed by atoms with E-state index in [1.54, 1.807) is 13.3 Å². The Morgan fingerprint density at radius 3 is 2.83 bits per heavy atom. The zero-order chi connectivity index (χ0) is 12.5. The lowest BCUT2D eigenvalue weighted by atomic mass is 10.3. The fourth-order valence-electron chi connectivity index (χ4n) is 1.30. The largest absolute Gasteiger partial charge is 0.469 e. The third kappa shape index (κ3) is 7.15. The third-order valence-corrected chi connectivity index (χ3v) is 3.40. The fraction of sp³-hybridized carbons (Fsp3) is 0.583. The van der Waals surface area contributed by atoms with E-state index >= 15 is 0 Å². The quantitative estimate of drug-likeness (QED) is 0.450. The smallest absolute Gasteiger partial charge is 0.191 e. The van der Waals surface area contributed by atoms with Crippen LogP contribution in [-0.2, 0) is 6.42 Å². The van der Waals surface area contributed by atoms with Gasteiger partial charge in [0.05, 0.1) is 6.26 Å². The lowest BCUT2D eigenvalue weighted by Crippen LogP contribution is -2.40. The summed E-state index contributed by atoms with van der Waals surface area (Å²) in [6.45, 7) is 3.93. The van der Waals surface area contributed by atoms with Crippen molar-refractivity contribution in [1.82, 2.24) is 10.6 Å². The van der Waals surface area contributed by atoms with Crippen LogP contribution < -0.4 is 10.6 Å². The molecule has 0 aromatic carbocycles. The van der Waals surface area contributed by atoms with Gasteiger partial charge in [0, 0.05) is 31.8 Å². The minimum absolute atomic E-state index is 0. The number of halogens is 1. The maximum absolute atomic E-state index is 5.26. The summed E-state index contributed by atoms with van der Waals surface area (Å²) in [5.74, 6) is 1.84. The number of thioether (sulfide) groups is 1. The standard InChI is InChI=1S/C12H21N3OS.HI/c1-10(17-3)9-15-12(13-2)14-7-6-11-5-4-8-16-11;/h4-5,8,10H,6-7,9H2,1-3H3,(H2,13,14,15);1H. The highest BCUT2D eigenvalue weighted by Gasteiger charge is 2.02. The minimum Gasteiger partial charge on any atom is -0.469 e. The topological polar surface area (TPSA) is 49.6 Å². The first kappa shape index (κ1) is 17.6. The van der Waals surface area contributed by atoms with Crippen molar-refractivity contribution in [3.63, 3.8) is 0 Å². The molecule has 0 aliphatic rings. The van der Waals surface area contributed by atoms with Crippen LogP contribution in [-0.4, -0.2) is 37.6 Å². The molecule has 0 saturated heterocycles. The van der Waals surface area contributed by atoms with E-state index in [9.17, 15) is 0 Å². The molecular formula is C12H22IN3OS. The van der Waals surface area contributed by atoms with Crippen molar-refractivity contribution in [3.8, 4) is 0 Å². The molecule has 0 aliphatic heterocycles. The van der Waals surface area contributed by atoms with Gasteiger partial charge in [0.25, 0.3) is 0 Å². The van der Waals surface area contributed by atoms with E-state index in [0.29, 0.717) is 5.25 Å². The van der Waals surface area contributed by atoms with Gasteiger partial charge in [-0.25, -0.2) is 0 Å². The van der Waals surface area contributed by atoms with Crippen molar-refractivity contribution in [2.75, 3.05) is 26.4 Å². The van der Waals surface area contributed by atoms with Gasteiger partial charge in [-0.15, -0.1) is 24.0 Å². The average Bonchev–Trinajstić information content (AvgIpc) is 2.86. The molecule has 6 heteroatoms. The minimum atomic E-state index is 0. The van der Waals surface area contributed by atoms with Crippen molar-refractivity contribution in [2.24, 2.45) is 4.99 Å².